The number of hydrogen-bond donors (Lipinski definition) is 3. The first-order valence-corrected chi connectivity index (χ1v) is 9.07. The summed E-state index contributed by atoms with van der Waals surface area (Å²) >= 11 is 1.67. The SMILES string of the molecule is CSc1ccccc1Nc1cc(-c2ccncc2)nc(NCCO)n1. The molecule has 3 aromatic rings. The van der Waals surface area contributed by atoms with Crippen LogP contribution in [0.1, 0.15) is 0 Å². The minimum absolute atomic E-state index is 0.0148. The van der Waals surface area contributed by atoms with E-state index in [0.717, 1.165) is 21.8 Å². The lowest BCUT2D eigenvalue weighted by molar-refractivity contribution is 0.311. The van der Waals surface area contributed by atoms with Crippen molar-refractivity contribution in [3.8, 4) is 11.3 Å². The number of benzene rings is 1. The van der Waals surface area contributed by atoms with Gasteiger partial charge in [-0.3, -0.25) is 4.98 Å². The van der Waals surface area contributed by atoms with Crippen LogP contribution in [0.15, 0.2) is 59.8 Å². The van der Waals surface area contributed by atoms with E-state index in [4.69, 9.17) is 5.11 Å². The Bertz CT molecular complexity index is 829. The molecule has 0 spiro atoms. The fourth-order valence-electron chi connectivity index (χ4n) is 2.31. The minimum atomic E-state index is 0.0148. The van der Waals surface area contributed by atoms with E-state index in [9.17, 15) is 0 Å². The van der Waals surface area contributed by atoms with Gasteiger partial charge < -0.3 is 15.7 Å². The topological polar surface area (TPSA) is 83.0 Å². The molecule has 0 aliphatic carbocycles. The molecule has 6 nitrogen and oxygen atoms in total. The second-order valence-electron chi connectivity index (χ2n) is 5.17. The van der Waals surface area contributed by atoms with Crippen LogP contribution in [-0.2, 0) is 0 Å². The van der Waals surface area contributed by atoms with E-state index in [0.29, 0.717) is 18.3 Å². The van der Waals surface area contributed by atoms with Crippen molar-refractivity contribution in [3.05, 3.63) is 54.9 Å². The van der Waals surface area contributed by atoms with E-state index in [2.05, 4.69) is 31.7 Å². The van der Waals surface area contributed by atoms with Gasteiger partial charge in [0, 0.05) is 35.5 Å². The van der Waals surface area contributed by atoms with Crippen LogP contribution < -0.4 is 10.6 Å². The van der Waals surface area contributed by atoms with Crippen LogP contribution >= 0.6 is 11.8 Å². The normalized spacial score (nSPS) is 10.5. The molecule has 0 saturated heterocycles. The summed E-state index contributed by atoms with van der Waals surface area (Å²) in [6, 6.07) is 13.8. The number of rotatable bonds is 7. The Labute approximate surface area is 150 Å². The van der Waals surface area contributed by atoms with Gasteiger partial charge in [-0.15, -0.1) is 11.8 Å². The number of para-hydroxylation sites is 1. The molecule has 1 aromatic carbocycles. The number of hydrogen-bond acceptors (Lipinski definition) is 7. The molecule has 0 bridgehead atoms. The van der Waals surface area contributed by atoms with Crippen molar-refractivity contribution >= 4 is 29.2 Å². The van der Waals surface area contributed by atoms with Crippen LogP contribution in [0.4, 0.5) is 17.5 Å². The van der Waals surface area contributed by atoms with Gasteiger partial charge in [0.05, 0.1) is 18.0 Å². The lowest BCUT2D eigenvalue weighted by atomic mass is 10.2. The highest BCUT2D eigenvalue weighted by Crippen LogP contribution is 2.29. The highest BCUT2D eigenvalue weighted by molar-refractivity contribution is 7.98. The molecule has 0 amide bonds. The number of thioether (sulfide) groups is 1. The van der Waals surface area contributed by atoms with Crippen molar-refractivity contribution in [2.75, 3.05) is 30.0 Å². The summed E-state index contributed by atoms with van der Waals surface area (Å²) in [5.41, 5.74) is 2.72. The predicted octanol–water partition coefficient (Wildman–Crippen LogP) is 3.41. The first-order valence-electron chi connectivity index (χ1n) is 7.84. The van der Waals surface area contributed by atoms with Gasteiger partial charge in [0.25, 0.3) is 0 Å². The first kappa shape index (κ1) is 17.2. The lowest BCUT2D eigenvalue weighted by Crippen LogP contribution is -2.10. The average molecular weight is 353 g/mol. The number of pyridine rings is 1. The molecule has 0 saturated carbocycles. The maximum absolute atomic E-state index is 9.04. The van der Waals surface area contributed by atoms with Crippen molar-refractivity contribution in [2.24, 2.45) is 0 Å². The Balaban J connectivity index is 1.97. The zero-order valence-corrected chi connectivity index (χ0v) is 14.6. The summed E-state index contributed by atoms with van der Waals surface area (Å²) in [4.78, 5) is 14.2. The van der Waals surface area contributed by atoms with Crippen LogP contribution in [0.2, 0.25) is 0 Å². The number of nitrogens with one attached hydrogen (secondary N) is 2. The zero-order valence-electron chi connectivity index (χ0n) is 13.8. The van der Waals surface area contributed by atoms with E-state index in [-0.39, 0.29) is 6.61 Å². The van der Waals surface area contributed by atoms with Gasteiger partial charge >= 0.3 is 0 Å². The third kappa shape index (κ3) is 4.46. The van der Waals surface area contributed by atoms with Crippen LogP contribution in [0.3, 0.4) is 0 Å². The molecule has 0 aliphatic heterocycles. The number of nitrogens with zero attached hydrogens (tertiary/aromatic N) is 3. The number of aromatic nitrogens is 3. The molecule has 2 aromatic heterocycles. The minimum Gasteiger partial charge on any atom is -0.395 e. The van der Waals surface area contributed by atoms with Crippen LogP contribution in [-0.4, -0.2) is 39.5 Å². The smallest absolute Gasteiger partial charge is 0.225 e. The highest BCUT2D eigenvalue weighted by atomic mass is 32.2. The molecule has 0 atom stereocenters. The first-order chi connectivity index (χ1) is 12.3. The van der Waals surface area contributed by atoms with Crippen LogP contribution in [0.5, 0.6) is 0 Å². The Hall–Kier alpha value is -2.64. The third-order valence-electron chi connectivity index (χ3n) is 3.47. The number of aliphatic hydroxyl groups is 1. The molecule has 0 aliphatic rings. The molecule has 3 N–H and O–H groups in total. The summed E-state index contributed by atoms with van der Waals surface area (Å²) < 4.78 is 0. The average Bonchev–Trinajstić information content (AvgIpc) is 2.67. The van der Waals surface area contributed by atoms with E-state index >= 15 is 0 Å². The Morgan fingerprint density at radius 1 is 1.08 bits per heavy atom. The monoisotopic (exact) mass is 353 g/mol. The lowest BCUT2D eigenvalue weighted by Gasteiger charge is -2.13. The molecule has 0 unspecified atom stereocenters. The number of anilines is 3. The molecule has 25 heavy (non-hydrogen) atoms. The summed E-state index contributed by atoms with van der Waals surface area (Å²) in [5, 5.41) is 15.4. The largest absolute Gasteiger partial charge is 0.395 e. The molecule has 0 radical (unpaired) electrons. The Kier molecular flexibility index (Phi) is 5.81. The molecule has 2 heterocycles. The zero-order chi connectivity index (χ0) is 17.5. The maximum atomic E-state index is 9.04. The number of aliphatic hydroxyl groups excluding tert-OH is 1. The summed E-state index contributed by atoms with van der Waals surface area (Å²) in [5.74, 6) is 1.15. The van der Waals surface area contributed by atoms with Crippen molar-refractivity contribution in [3.63, 3.8) is 0 Å². The quantitative estimate of drug-likeness (QED) is 0.561. The van der Waals surface area contributed by atoms with Crippen molar-refractivity contribution in [1.82, 2.24) is 15.0 Å². The van der Waals surface area contributed by atoms with Gasteiger partial charge in [-0.05, 0) is 30.5 Å². The Morgan fingerprint density at radius 2 is 1.88 bits per heavy atom. The predicted molar refractivity (Wildman–Crippen MR) is 102 cm³/mol. The van der Waals surface area contributed by atoms with Crippen LogP contribution in [0, 0.1) is 0 Å². The maximum Gasteiger partial charge on any atom is 0.225 e. The van der Waals surface area contributed by atoms with Gasteiger partial charge in [0.2, 0.25) is 5.95 Å². The van der Waals surface area contributed by atoms with Gasteiger partial charge in [0.1, 0.15) is 5.82 Å². The molecular weight excluding hydrogens is 334 g/mol. The molecular formula is C18H19N5OS. The van der Waals surface area contributed by atoms with Gasteiger partial charge in [-0.1, -0.05) is 12.1 Å². The van der Waals surface area contributed by atoms with E-state index in [1.165, 1.54) is 0 Å². The van der Waals surface area contributed by atoms with Gasteiger partial charge in [-0.25, -0.2) is 4.98 Å². The summed E-state index contributed by atoms with van der Waals surface area (Å²) in [7, 11) is 0. The van der Waals surface area contributed by atoms with E-state index in [1.54, 1.807) is 24.2 Å². The second-order valence-corrected chi connectivity index (χ2v) is 6.02. The molecule has 3 rings (SSSR count). The molecule has 7 heteroatoms. The van der Waals surface area contributed by atoms with Gasteiger partial charge in [0.15, 0.2) is 0 Å². The van der Waals surface area contributed by atoms with Crippen molar-refractivity contribution in [1.29, 1.82) is 0 Å². The second kappa shape index (κ2) is 8.46. The van der Waals surface area contributed by atoms with Gasteiger partial charge in [-0.2, -0.15) is 4.98 Å². The molecule has 128 valence electrons. The fraction of sp³-hybridized carbons (Fsp3) is 0.167. The third-order valence-corrected chi connectivity index (χ3v) is 4.26. The van der Waals surface area contributed by atoms with Crippen molar-refractivity contribution in [2.45, 2.75) is 4.90 Å². The summed E-state index contributed by atoms with van der Waals surface area (Å²) in [6.45, 7) is 0.404. The van der Waals surface area contributed by atoms with E-state index in [1.807, 2.05) is 42.7 Å². The van der Waals surface area contributed by atoms with Crippen LogP contribution in [0.25, 0.3) is 11.3 Å². The Morgan fingerprint density at radius 3 is 2.64 bits per heavy atom. The highest BCUT2D eigenvalue weighted by Gasteiger charge is 2.08. The standard InChI is InChI=1S/C18H19N5OS/c1-25-16-5-3-2-4-14(16)21-17-12-15(13-6-8-19-9-7-13)22-18(23-17)20-10-11-24/h2-9,12,24H,10-11H2,1H3,(H2,20,21,22,23). The molecule has 0 fully saturated rings. The van der Waals surface area contributed by atoms with Crippen molar-refractivity contribution < 1.29 is 5.11 Å². The fourth-order valence-corrected chi connectivity index (χ4v) is 2.87. The van der Waals surface area contributed by atoms with E-state index < -0.39 is 0 Å². The summed E-state index contributed by atoms with van der Waals surface area (Å²) in [6.07, 6.45) is 5.50.